The highest BCUT2D eigenvalue weighted by Gasteiger charge is 2.69. The molecule has 2 heterocycles. The van der Waals surface area contributed by atoms with Crippen LogP contribution in [0.15, 0.2) is 6.07 Å². The van der Waals surface area contributed by atoms with Gasteiger partial charge in [0.05, 0.1) is 5.38 Å². The topological polar surface area (TPSA) is 111 Å². The van der Waals surface area contributed by atoms with Crippen LogP contribution in [0.1, 0.15) is 85.7 Å². The van der Waals surface area contributed by atoms with Gasteiger partial charge in [0, 0.05) is 59.5 Å². The van der Waals surface area contributed by atoms with Gasteiger partial charge in [-0.15, -0.1) is 11.6 Å². The highest BCUT2D eigenvalue weighted by Crippen LogP contribution is 2.67. The molecule has 3 amide bonds. The Labute approximate surface area is 205 Å². The Hall–Kier alpha value is -2.28. The average Bonchev–Trinajstić information content (AvgIpc) is 3.11. The van der Waals surface area contributed by atoms with Crippen LogP contribution in [-0.2, 0) is 17.8 Å². The number of carbonyl (C=O) groups is 3. The Kier molecular flexibility index (Phi) is 5.08. The summed E-state index contributed by atoms with van der Waals surface area (Å²) in [6.45, 7) is 10.7. The van der Waals surface area contributed by atoms with Gasteiger partial charge in [0.15, 0.2) is 0 Å². The molecular formula is C26H34ClN3O4. The first-order valence-electron chi connectivity index (χ1n) is 12.2. The monoisotopic (exact) mass is 487 g/mol. The zero-order valence-electron chi connectivity index (χ0n) is 20.5. The summed E-state index contributed by atoms with van der Waals surface area (Å²) in [5.41, 5.74) is 6.96. The molecule has 2 saturated carbocycles. The number of hydrogen-bond donors (Lipinski definition) is 3. The smallest absolute Gasteiger partial charge is 0.252 e. The van der Waals surface area contributed by atoms with Gasteiger partial charge in [-0.3, -0.25) is 14.4 Å². The number of benzene rings is 1. The maximum atomic E-state index is 12.5. The number of hydrogen-bond acceptors (Lipinski definition) is 4. The second-order valence-electron chi connectivity index (χ2n) is 11.7. The zero-order chi connectivity index (χ0) is 24.8. The molecule has 1 aromatic carbocycles. The number of fused-ring (bicyclic) bond motifs is 3. The van der Waals surface area contributed by atoms with Crippen LogP contribution in [0.3, 0.4) is 0 Å². The molecule has 184 valence electrons. The molecule has 0 aromatic heterocycles. The molecule has 0 saturated heterocycles. The van der Waals surface area contributed by atoms with Crippen molar-refractivity contribution in [3.8, 4) is 5.75 Å². The number of alkyl halides is 1. The molecule has 8 heteroatoms. The Morgan fingerprint density at radius 3 is 2.59 bits per heavy atom. The van der Waals surface area contributed by atoms with Crippen LogP contribution in [0.25, 0.3) is 0 Å². The molecule has 0 unspecified atom stereocenters. The minimum atomic E-state index is -0.616. The van der Waals surface area contributed by atoms with E-state index in [1.54, 1.807) is 6.07 Å². The van der Waals surface area contributed by atoms with Gasteiger partial charge in [0.2, 0.25) is 11.8 Å². The molecule has 6 atom stereocenters. The molecule has 2 aliphatic heterocycles. The molecule has 0 bridgehead atoms. The van der Waals surface area contributed by atoms with E-state index in [1.807, 2.05) is 0 Å². The summed E-state index contributed by atoms with van der Waals surface area (Å²) in [4.78, 5) is 37.2. The fourth-order valence-corrected chi connectivity index (χ4v) is 7.97. The van der Waals surface area contributed by atoms with Crippen LogP contribution >= 0.6 is 11.6 Å². The van der Waals surface area contributed by atoms with Crippen molar-refractivity contribution in [2.75, 3.05) is 0 Å². The molecule has 1 spiro atoms. The van der Waals surface area contributed by atoms with Crippen LogP contribution in [0.4, 0.5) is 0 Å². The maximum absolute atomic E-state index is 12.5. The average molecular weight is 488 g/mol. The van der Waals surface area contributed by atoms with Gasteiger partial charge < -0.3 is 21.1 Å². The van der Waals surface area contributed by atoms with Gasteiger partial charge in [-0.25, -0.2) is 0 Å². The summed E-state index contributed by atoms with van der Waals surface area (Å²) in [6, 6.07) is 1.37. The molecule has 2 fully saturated rings. The minimum absolute atomic E-state index is 0.116. The van der Waals surface area contributed by atoms with E-state index in [9.17, 15) is 14.4 Å². The molecule has 2 aliphatic carbocycles. The summed E-state index contributed by atoms with van der Waals surface area (Å²) >= 11 is 7.04. The van der Waals surface area contributed by atoms with Gasteiger partial charge in [0.1, 0.15) is 11.4 Å². The van der Waals surface area contributed by atoms with Crippen LogP contribution < -0.4 is 21.1 Å². The van der Waals surface area contributed by atoms with E-state index in [4.69, 9.17) is 22.1 Å². The third kappa shape index (κ3) is 2.91. The Morgan fingerprint density at radius 2 is 1.94 bits per heavy atom. The zero-order valence-corrected chi connectivity index (χ0v) is 21.3. The summed E-state index contributed by atoms with van der Waals surface area (Å²) in [5, 5.41) is 5.72. The number of nitrogens with two attached hydrogens (primary N) is 1. The quantitative estimate of drug-likeness (QED) is 0.556. The summed E-state index contributed by atoms with van der Waals surface area (Å²) in [7, 11) is 0. The highest BCUT2D eigenvalue weighted by atomic mass is 35.5. The largest absolute Gasteiger partial charge is 0.486 e. The predicted molar refractivity (Wildman–Crippen MR) is 129 cm³/mol. The van der Waals surface area contributed by atoms with E-state index in [0.717, 1.165) is 24.0 Å². The molecule has 5 rings (SSSR count). The first kappa shape index (κ1) is 23.5. The standard InChI is InChI=1S/C26H34ClN3O4/c1-12-6-7-19-24(3,4)21(27)18(30-13(2)31)10-26(19)25(12,5)9-16-14(22(28)32)8-15-17(20(16)34-26)11-29-23(15)33/h8,12,18-19,21H,6-7,9-11H2,1-5H3,(H2,28,32)(H,29,33)(H,30,31)/t12-,18+,19-,21-,25+,26-/m0/s1. The SMILES string of the molecule is CC(=O)N[C@@H]1C[C@@]23Oc4c(c(C(N)=O)cc5c4CNC5=O)C[C@]2(C)[C@@H](C)CC[C@H]3C(C)(C)[C@H]1Cl. The van der Waals surface area contributed by atoms with E-state index >= 15 is 0 Å². The van der Waals surface area contributed by atoms with E-state index in [2.05, 4.69) is 38.3 Å². The molecular weight excluding hydrogens is 454 g/mol. The van der Waals surface area contributed by atoms with Gasteiger partial charge in [-0.05, 0) is 36.7 Å². The van der Waals surface area contributed by atoms with E-state index < -0.39 is 11.5 Å². The first-order chi connectivity index (χ1) is 15.8. The lowest BCUT2D eigenvalue weighted by Gasteiger charge is -2.68. The summed E-state index contributed by atoms with van der Waals surface area (Å²) < 4.78 is 7.17. The van der Waals surface area contributed by atoms with Gasteiger partial charge in [-0.2, -0.15) is 0 Å². The van der Waals surface area contributed by atoms with Crippen LogP contribution in [0, 0.1) is 22.7 Å². The number of carbonyl (C=O) groups excluding carboxylic acids is 3. The molecule has 7 nitrogen and oxygen atoms in total. The normalized spacial score (nSPS) is 37.3. The molecule has 4 aliphatic rings. The fraction of sp³-hybridized carbons (Fsp3) is 0.654. The third-order valence-electron chi connectivity index (χ3n) is 9.63. The second kappa shape index (κ2) is 7.36. The van der Waals surface area contributed by atoms with Crippen molar-refractivity contribution in [1.29, 1.82) is 0 Å². The number of amides is 3. The lowest BCUT2D eigenvalue weighted by molar-refractivity contribution is -0.214. The Morgan fingerprint density at radius 1 is 1.24 bits per heavy atom. The first-order valence-corrected chi connectivity index (χ1v) is 12.6. The van der Waals surface area contributed by atoms with Crippen LogP contribution in [0.2, 0.25) is 0 Å². The summed E-state index contributed by atoms with van der Waals surface area (Å²) in [6.07, 6.45) is 3.18. The van der Waals surface area contributed by atoms with Crippen molar-refractivity contribution in [1.82, 2.24) is 10.6 Å². The Balaban J connectivity index is 1.76. The van der Waals surface area contributed by atoms with Crippen molar-refractivity contribution in [3.05, 3.63) is 28.3 Å². The third-order valence-corrected chi connectivity index (χ3v) is 10.5. The van der Waals surface area contributed by atoms with Crippen molar-refractivity contribution in [2.24, 2.45) is 28.4 Å². The maximum Gasteiger partial charge on any atom is 0.252 e. The lowest BCUT2D eigenvalue weighted by atomic mass is 9.43. The Bertz CT molecular complexity index is 1120. The number of ether oxygens (including phenoxy) is 1. The highest BCUT2D eigenvalue weighted by molar-refractivity contribution is 6.21. The number of halogens is 1. The van der Waals surface area contributed by atoms with Crippen LogP contribution in [0.5, 0.6) is 5.75 Å². The second-order valence-corrected chi connectivity index (χ2v) is 12.1. The van der Waals surface area contributed by atoms with E-state index in [0.29, 0.717) is 42.2 Å². The van der Waals surface area contributed by atoms with Crippen molar-refractivity contribution >= 4 is 29.3 Å². The molecule has 1 aromatic rings. The van der Waals surface area contributed by atoms with Crippen molar-refractivity contribution < 1.29 is 19.1 Å². The molecule has 4 N–H and O–H groups in total. The lowest BCUT2D eigenvalue weighted by Crippen LogP contribution is -2.74. The molecule has 34 heavy (non-hydrogen) atoms. The van der Waals surface area contributed by atoms with E-state index in [1.165, 1.54) is 6.92 Å². The van der Waals surface area contributed by atoms with Crippen molar-refractivity contribution in [2.45, 2.75) is 83.9 Å². The number of primary amides is 1. The number of rotatable bonds is 2. The summed E-state index contributed by atoms with van der Waals surface area (Å²) in [5.74, 6) is 0.180. The fourth-order valence-electron chi connectivity index (χ4n) is 7.67. The number of nitrogens with one attached hydrogen (secondary N) is 2. The predicted octanol–water partition coefficient (Wildman–Crippen LogP) is 3.30. The van der Waals surface area contributed by atoms with Gasteiger partial charge >= 0.3 is 0 Å². The minimum Gasteiger partial charge on any atom is -0.486 e. The van der Waals surface area contributed by atoms with Gasteiger partial charge in [0.25, 0.3) is 5.91 Å². The van der Waals surface area contributed by atoms with Crippen LogP contribution in [-0.4, -0.2) is 34.7 Å². The van der Waals surface area contributed by atoms with Gasteiger partial charge in [-0.1, -0.05) is 27.7 Å². The van der Waals surface area contributed by atoms with E-state index in [-0.39, 0.29) is 40.0 Å². The van der Waals surface area contributed by atoms with Crippen molar-refractivity contribution in [3.63, 3.8) is 0 Å². The molecule has 0 radical (unpaired) electrons.